The zero-order chi connectivity index (χ0) is 12.1. The molecule has 0 spiro atoms. The van der Waals surface area contributed by atoms with Crippen LogP contribution in [0.15, 0.2) is 16.6 Å². The predicted molar refractivity (Wildman–Crippen MR) is 70.9 cm³/mol. The molecule has 0 bridgehead atoms. The van der Waals surface area contributed by atoms with Gasteiger partial charge in [-0.15, -0.1) is 11.3 Å². The molecule has 0 atom stereocenters. The van der Waals surface area contributed by atoms with Gasteiger partial charge in [-0.25, -0.2) is 0 Å². The minimum absolute atomic E-state index is 0.512. The Morgan fingerprint density at radius 2 is 2.24 bits per heavy atom. The number of likely N-dealkylation sites (tertiary alicyclic amines) is 1. The molecule has 17 heavy (non-hydrogen) atoms. The summed E-state index contributed by atoms with van der Waals surface area (Å²) in [4.78, 5) is 8.60. The molecule has 0 aliphatic carbocycles. The lowest BCUT2D eigenvalue weighted by molar-refractivity contribution is 0.126. The molecule has 0 radical (unpaired) electrons. The molecule has 0 saturated carbocycles. The van der Waals surface area contributed by atoms with Crippen LogP contribution in [0.4, 0.5) is 0 Å². The number of piperidine rings is 1. The van der Waals surface area contributed by atoms with E-state index in [-0.39, 0.29) is 0 Å². The van der Waals surface area contributed by atoms with Gasteiger partial charge in [0.1, 0.15) is 0 Å². The van der Waals surface area contributed by atoms with Gasteiger partial charge >= 0.3 is 0 Å². The van der Waals surface area contributed by atoms with E-state index in [1.54, 1.807) is 11.3 Å². The van der Waals surface area contributed by atoms with Crippen LogP contribution in [0, 0.1) is 6.92 Å². The normalized spacial score (nSPS) is 17.2. The Bertz CT molecular complexity index is 383. The lowest BCUT2D eigenvalue weighted by atomic mass is 10.1. The predicted octanol–water partition coefficient (Wildman–Crippen LogP) is 2.29. The Balaban J connectivity index is 1.81. The molecule has 1 saturated heterocycles. The van der Waals surface area contributed by atoms with Crippen LogP contribution in [0.1, 0.15) is 29.7 Å². The quantitative estimate of drug-likeness (QED) is 0.511. The molecule has 5 heteroatoms. The van der Waals surface area contributed by atoms with Gasteiger partial charge in [0.2, 0.25) is 5.96 Å². The molecule has 94 valence electrons. The number of nitrogens with zero attached hydrogens (tertiary/aromatic N) is 2. The zero-order valence-corrected chi connectivity index (χ0v) is 11.0. The summed E-state index contributed by atoms with van der Waals surface area (Å²) in [5, 5.41) is 6.05. The summed E-state index contributed by atoms with van der Waals surface area (Å²) in [6.45, 7) is 4.58. The lowest BCUT2D eigenvalue weighted by Gasteiger charge is -2.26. The largest absolute Gasteiger partial charge is 0.387 e. The van der Waals surface area contributed by atoms with Crippen LogP contribution in [0.5, 0.6) is 0 Å². The molecular formula is C12H19N3OS. The standard InChI is InChI=1S/C12H19N3OS/c1-10-5-8-17-11(10)9-16-14-12(13)15-6-3-2-4-7-15/h5,8H,2-4,6-7,9H2,1H3,(H2,13,14). The third kappa shape index (κ3) is 3.36. The van der Waals surface area contributed by atoms with E-state index in [2.05, 4.69) is 28.4 Å². The summed E-state index contributed by atoms with van der Waals surface area (Å²) in [6, 6.07) is 2.08. The van der Waals surface area contributed by atoms with Crippen molar-refractivity contribution in [1.82, 2.24) is 4.90 Å². The van der Waals surface area contributed by atoms with E-state index in [0.29, 0.717) is 12.6 Å². The molecule has 2 rings (SSSR count). The van der Waals surface area contributed by atoms with E-state index in [1.165, 1.54) is 29.7 Å². The van der Waals surface area contributed by atoms with Crippen molar-refractivity contribution in [3.8, 4) is 0 Å². The van der Waals surface area contributed by atoms with Crippen molar-refractivity contribution in [3.05, 3.63) is 21.9 Å². The minimum atomic E-state index is 0.512. The highest BCUT2D eigenvalue weighted by molar-refractivity contribution is 7.10. The van der Waals surface area contributed by atoms with Gasteiger partial charge in [-0.1, -0.05) is 0 Å². The number of guanidine groups is 1. The number of oxime groups is 1. The van der Waals surface area contributed by atoms with E-state index in [9.17, 15) is 0 Å². The fourth-order valence-corrected chi connectivity index (χ4v) is 2.70. The van der Waals surface area contributed by atoms with Crippen molar-refractivity contribution in [3.63, 3.8) is 0 Å². The van der Waals surface area contributed by atoms with Crippen LogP contribution < -0.4 is 5.73 Å². The maximum Gasteiger partial charge on any atom is 0.233 e. The van der Waals surface area contributed by atoms with Gasteiger partial charge in [0, 0.05) is 18.0 Å². The number of aryl methyl sites for hydroxylation is 1. The Kier molecular flexibility index (Phi) is 4.25. The molecule has 1 fully saturated rings. The van der Waals surface area contributed by atoms with E-state index in [0.717, 1.165) is 13.1 Å². The van der Waals surface area contributed by atoms with E-state index >= 15 is 0 Å². The van der Waals surface area contributed by atoms with Crippen molar-refractivity contribution in [2.75, 3.05) is 13.1 Å². The first-order valence-electron chi connectivity index (χ1n) is 6.00. The molecule has 2 heterocycles. The van der Waals surface area contributed by atoms with Gasteiger partial charge in [-0.2, -0.15) is 0 Å². The van der Waals surface area contributed by atoms with Crippen LogP contribution in [0.2, 0.25) is 0 Å². The molecule has 1 aliphatic rings. The number of rotatable bonds is 3. The number of thiophene rings is 1. The van der Waals surface area contributed by atoms with Gasteiger partial charge in [0.05, 0.1) is 0 Å². The first kappa shape index (κ1) is 12.2. The van der Waals surface area contributed by atoms with Crippen molar-refractivity contribution in [2.24, 2.45) is 10.9 Å². The Morgan fingerprint density at radius 3 is 2.88 bits per heavy atom. The Hall–Kier alpha value is -1.23. The average Bonchev–Trinajstić information content (AvgIpc) is 2.76. The summed E-state index contributed by atoms with van der Waals surface area (Å²) in [5.74, 6) is 0.513. The molecule has 1 aromatic rings. The topological polar surface area (TPSA) is 50.9 Å². The smallest absolute Gasteiger partial charge is 0.233 e. The summed E-state index contributed by atoms with van der Waals surface area (Å²) >= 11 is 1.69. The molecule has 0 amide bonds. The van der Waals surface area contributed by atoms with E-state index < -0.39 is 0 Å². The summed E-state index contributed by atoms with van der Waals surface area (Å²) in [7, 11) is 0. The fourth-order valence-electron chi connectivity index (χ4n) is 1.89. The number of hydrogen-bond acceptors (Lipinski definition) is 3. The maximum atomic E-state index is 5.88. The third-order valence-corrected chi connectivity index (χ3v) is 4.00. The van der Waals surface area contributed by atoms with Gasteiger partial charge in [-0.3, -0.25) is 0 Å². The van der Waals surface area contributed by atoms with Crippen molar-refractivity contribution < 1.29 is 4.84 Å². The van der Waals surface area contributed by atoms with Crippen LogP contribution in [-0.4, -0.2) is 23.9 Å². The Labute approximate surface area is 106 Å². The van der Waals surface area contributed by atoms with Gasteiger partial charge in [0.25, 0.3) is 0 Å². The molecule has 0 aromatic carbocycles. The maximum absolute atomic E-state index is 5.88. The van der Waals surface area contributed by atoms with Crippen LogP contribution >= 0.6 is 11.3 Å². The third-order valence-electron chi connectivity index (χ3n) is 3.00. The molecule has 2 N–H and O–H groups in total. The second-order valence-electron chi connectivity index (χ2n) is 4.30. The first-order valence-corrected chi connectivity index (χ1v) is 6.88. The monoisotopic (exact) mass is 253 g/mol. The summed E-state index contributed by atoms with van der Waals surface area (Å²) < 4.78 is 0. The zero-order valence-electron chi connectivity index (χ0n) is 10.2. The van der Waals surface area contributed by atoms with Crippen LogP contribution in [0.3, 0.4) is 0 Å². The molecule has 1 aliphatic heterocycles. The number of nitrogens with two attached hydrogens (primary N) is 1. The van der Waals surface area contributed by atoms with Crippen LogP contribution in [-0.2, 0) is 11.4 Å². The van der Waals surface area contributed by atoms with Gasteiger partial charge in [0.15, 0.2) is 6.61 Å². The molecule has 1 aromatic heterocycles. The number of hydrogen-bond donors (Lipinski definition) is 1. The van der Waals surface area contributed by atoms with Gasteiger partial charge in [-0.05, 0) is 48.4 Å². The fraction of sp³-hybridized carbons (Fsp3) is 0.583. The van der Waals surface area contributed by atoms with Crippen molar-refractivity contribution in [2.45, 2.75) is 32.8 Å². The lowest BCUT2D eigenvalue weighted by Crippen LogP contribution is -2.40. The van der Waals surface area contributed by atoms with Gasteiger partial charge < -0.3 is 15.5 Å². The van der Waals surface area contributed by atoms with Crippen molar-refractivity contribution in [1.29, 1.82) is 0 Å². The summed E-state index contributed by atoms with van der Waals surface area (Å²) in [6.07, 6.45) is 3.68. The van der Waals surface area contributed by atoms with E-state index in [1.807, 2.05) is 0 Å². The molecule has 0 unspecified atom stereocenters. The second-order valence-corrected chi connectivity index (χ2v) is 5.30. The summed E-state index contributed by atoms with van der Waals surface area (Å²) in [5.41, 5.74) is 7.13. The van der Waals surface area contributed by atoms with Crippen molar-refractivity contribution >= 4 is 17.3 Å². The second kappa shape index (κ2) is 5.91. The van der Waals surface area contributed by atoms with E-state index in [4.69, 9.17) is 10.6 Å². The SMILES string of the molecule is Cc1ccsc1CO/N=C(\N)N1CCCCC1. The average molecular weight is 253 g/mol. The minimum Gasteiger partial charge on any atom is -0.387 e. The van der Waals surface area contributed by atoms with Crippen LogP contribution in [0.25, 0.3) is 0 Å². The first-order chi connectivity index (χ1) is 8.27. The Morgan fingerprint density at radius 1 is 1.47 bits per heavy atom. The highest BCUT2D eigenvalue weighted by atomic mass is 32.1. The highest BCUT2D eigenvalue weighted by Gasteiger charge is 2.12. The highest BCUT2D eigenvalue weighted by Crippen LogP contribution is 2.16. The molecule has 4 nitrogen and oxygen atoms in total. The molecular weight excluding hydrogens is 234 g/mol.